The van der Waals surface area contributed by atoms with Crippen molar-refractivity contribution in [3.05, 3.63) is 72.4 Å². The van der Waals surface area contributed by atoms with Crippen molar-refractivity contribution in [1.29, 1.82) is 0 Å². The van der Waals surface area contributed by atoms with Crippen molar-refractivity contribution in [2.75, 3.05) is 11.9 Å². The van der Waals surface area contributed by atoms with Gasteiger partial charge in [-0.2, -0.15) is 5.10 Å². The molecule has 5 aromatic rings. The minimum Gasteiger partial charge on any atom is -0.329 e. The second-order valence-electron chi connectivity index (χ2n) is 9.63. The topological polar surface area (TPSA) is 127 Å². The molecule has 0 spiro atoms. The molecule has 1 N–H and O–H groups in total. The molecule has 1 aliphatic heterocycles. The number of amides is 2. The Hall–Kier alpha value is -4.93. The van der Waals surface area contributed by atoms with Crippen molar-refractivity contribution in [2.45, 2.75) is 39.3 Å². The SMILES string of the molecule is CC(=O)c1nn(CC(=O)N2CCC[C@H]2C(=O)Nc2cccc(C)n2)c2ccc(-c3cnc4ncccn34)cc12. The largest absolute Gasteiger partial charge is 0.329 e. The maximum Gasteiger partial charge on any atom is 0.248 e. The fourth-order valence-corrected chi connectivity index (χ4v) is 5.14. The molecule has 1 aromatic carbocycles. The normalized spacial score (nSPS) is 15.2. The van der Waals surface area contributed by atoms with Crippen LogP contribution in [0.5, 0.6) is 0 Å². The number of Topliss-reactive ketones (excluding diaryl/α,β-unsaturated/α-hetero) is 1. The highest BCUT2D eigenvalue weighted by atomic mass is 16.2. The maximum absolute atomic E-state index is 13.4. The number of ketones is 1. The average molecular weight is 523 g/mol. The molecule has 1 fully saturated rings. The number of rotatable bonds is 6. The molecule has 196 valence electrons. The summed E-state index contributed by atoms with van der Waals surface area (Å²) < 4.78 is 3.41. The summed E-state index contributed by atoms with van der Waals surface area (Å²) in [7, 11) is 0. The highest BCUT2D eigenvalue weighted by Crippen LogP contribution is 2.28. The van der Waals surface area contributed by atoms with Gasteiger partial charge in [0.2, 0.25) is 17.6 Å². The van der Waals surface area contributed by atoms with E-state index in [9.17, 15) is 14.4 Å². The molecule has 1 aliphatic rings. The van der Waals surface area contributed by atoms with Gasteiger partial charge in [-0.15, -0.1) is 0 Å². The van der Waals surface area contributed by atoms with Crippen molar-refractivity contribution in [1.82, 2.24) is 34.0 Å². The van der Waals surface area contributed by atoms with Crippen LogP contribution in [0.15, 0.2) is 61.1 Å². The van der Waals surface area contributed by atoms with Crippen LogP contribution in [-0.4, -0.2) is 64.2 Å². The number of pyridine rings is 1. The number of imidazole rings is 1. The van der Waals surface area contributed by atoms with Crippen LogP contribution in [0.3, 0.4) is 0 Å². The number of fused-ring (bicyclic) bond motifs is 2. The van der Waals surface area contributed by atoms with E-state index in [0.29, 0.717) is 35.5 Å². The number of carbonyl (C=O) groups is 3. The first-order valence-corrected chi connectivity index (χ1v) is 12.7. The van der Waals surface area contributed by atoms with Gasteiger partial charge < -0.3 is 10.2 Å². The second-order valence-corrected chi connectivity index (χ2v) is 9.63. The number of nitrogens with zero attached hydrogens (tertiary/aromatic N) is 7. The van der Waals surface area contributed by atoms with E-state index in [4.69, 9.17) is 0 Å². The highest BCUT2D eigenvalue weighted by molar-refractivity contribution is 6.06. The lowest BCUT2D eigenvalue weighted by molar-refractivity contribution is -0.137. The third-order valence-corrected chi connectivity index (χ3v) is 6.97. The number of anilines is 1. The fourth-order valence-electron chi connectivity index (χ4n) is 5.14. The van der Waals surface area contributed by atoms with E-state index in [1.807, 2.05) is 53.9 Å². The number of carbonyl (C=O) groups excluding carboxylic acids is 3. The quantitative estimate of drug-likeness (QED) is 0.339. The smallest absolute Gasteiger partial charge is 0.248 e. The van der Waals surface area contributed by atoms with Crippen LogP contribution < -0.4 is 5.32 Å². The minimum atomic E-state index is -0.593. The van der Waals surface area contributed by atoms with Crippen LogP contribution in [0.25, 0.3) is 27.9 Å². The van der Waals surface area contributed by atoms with E-state index in [1.165, 1.54) is 6.92 Å². The predicted octanol–water partition coefficient (Wildman–Crippen LogP) is 3.28. The second kappa shape index (κ2) is 9.75. The molecule has 5 heterocycles. The van der Waals surface area contributed by atoms with Gasteiger partial charge in [-0.25, -0.2) is 15.0 Å². The summed E-state index contributed by atoms with van der Waals surface area (Å²) >= 11 is 0. The minimum absolute atomic E-state index is 0.0882. The zero-order valence-corrected chi connectivity index (χ0v) is 21.5. The van der Waals surface area contributed by atoms with Crippen LogP contribution in [-0.2, 0) is 16.1 Å². The Kier molecular flexibility index (Phi) is 6.10. The predicted molar refractivity (Wildman–Crippen MR) is 144 cm³/mol. The Bertz CT molecular complexity index is 1750. The molecule has 11 nitrogen and oxygen atoms in total. The Morgan fingerprint density at radius 3 is 2.79 bits per heavy atom. The Morgan fingerprint density at radius 1 is 1.10 bits per heavy atom. The molecule has 1 saturated heterocycles. The number of likely N-dealkylation sites (tertiary alicyclic amines) is 1. The van der Waals surface area contributed by atoms with Crippen molar-refractivity contribution < 1.29 is 14.4 Å². The fraction of sp³-hybridized carbons (Fsp3) is 0.250. The van der Waals surface area contributed by atoms with Crippen molar-refractivity contribution in [3.8, 4) is 11.3 Å². The van der Waals surface area contributed by atoms with Crippen LogP contribution in [0.4, 0.5) is 5.82 Å². The number of hydrogen-bond acceptors (Lipinski definition) is 7. The molecule has 11 heteroatoms. The molecular formula is C28H26N8O3. The van der Waals surface area contributed by atoms with Crippen LogP contribution in [0.2, 0.25) is 0 Å². The van der Waals surface area contributed by atoms with Gasteiger partial charge in [0.05, 0.1) is 17.4 Å². The number of benzene rings is 1. The number of nitrogens with one attached hydrogen (secondary N) is 1. The van der Waals surface area contributed by atoms with Gasteiger partial charge in [-0.1, -0.05) is 12.1 Å². The summed E-state index contributed by atoms with van der Waals surface area (Å²) in [6.45, 7) is 3.69. The monoisotopic (exact) mass is 522 g/mol. The summed E-state index contributed by atoms with van der Waals surface area (Å²) in [6.07, 6.45) is 6.58. The molecule has 6 rings (SSSR count). The highest BCUT2D eigenvalue weighted by Gasteiger charge is 2.34. The lowest BCUT2D eigenvalue weighted by Gasteiger charge is -2.24. The average Bonchev–Trinajstić information content (AvgIpc) is 3.66. The molecule has 2 amide bonds. The van der Waals surface area contributed by atoms with Crippen LogP contribution >= 0.6 is 0 Å². The lowest BCUT2D eigenvalue weighted by Crippen LogP contribution is -2.44. The van der Waals surface area contributed by atoms with E-state index in [-0.39, 0.29) is 29.8 Å². The van der Waals surface area contributed by atoms with Gasteiger partial charge in [0.25, 0.3) is 0 Å². The van der Waals surface area contributed by atoms with Crippen LogP contribution in [0.1, 0.15) is 35.9 Å². The molecule has 1 atom stereocenters. The summed E-state index contributed by atoms with van der Waals surface area (Å²) in [5, 5.41) is 7.98. The lowest BCUT2D eigenvalue weighted by atomic mass is 10.1. The molecule has 4 aromatic heterocycles. The van der Waals surface area contributed by atoms with Gasteiger partial charge in [-0.3, -0.25) is 23.5 Å². The summed E-state index contributed by atoms with van der Waals surface area (Å²) in [4.78, 5) is 53.5. The van der Waals surface area contributed by atoms with Crippen molar-refractivity contribution >= 4 is 40.1 Å². The van der Waals surface area contributed by atoms with E-state index in [0.717, 1.165) is 23.4 Å². The van der Waals surface area contributed by atoms with E-state index in [1.54, 1.807) is 28.0 Å². The first kappa shape index (κ1) is 24.4. The van der Waals surface area contributed by atoms with Gasteiger partial charge >= 0.3 is 0 Å². The number of aryl methyl sites for hydroxylation is 1. The van der Waals surface area contributed by atoms with Gasteiger partial charge in [0.15, 0.2) is 5.78 Å². The van der Waals surface area contributed by atoms with Gasteiger partial charge in [-0.05, 0) is 50.1 Å². The van der Waals surface area contributed by atoms with E-state index in [2.05, 4.69) is 25.4 Å². The van der Waals surface area contributed by atoms with Gasteiger partial charge in [0.1, 0.15) is 24.1 Å². The molecule has 0 saturated carbocycles. The summed E-state index contributed by atoms with van der Waals surface area (Å²) in [6, 6.07) is 12.3. The molecular weight excluding hydrogens is 496 g/mol. The Balaban J connectivity index is 1.27. The Labute approximate surface area is 223 Å². The van der Waals surface area contributed by atoms with Crippen LogP contribution in [0, 0.1) is 6.92 Å². The third kappa shape index (κ3) is 4.52. The first-order valence-electron chi connectivity index (χ1n) is 12.7. The zero-order valence-electron chi connectivity index (χ0n) is 21.5. The molecule has 0 aliphatic carbocycles. The zero-order chi connectivity index (χ0) is 27.1. The summed E-state index contributed by atoms with van der Waals surface area (Å²) in [5.41, 5.74) is 3.41. The molecule has 0 bridgehead atoms. The van der Waals surface area contributed by atoms with E-state index >= 15 is 0 Å². The van der Waals surface area contributed by atoms with Crippen molar-refractivity contribution in [3.63, 3.8) is 0 Å². The van der Waals surface area contributed by atoms with Crippen molar-refractivity contribution in [2.24, 2.45) is 0 Å². The first-order chi connectivity index (χ1) is 18.9. The molecule has 0 radical (unpaired) electrons. The number of aromatic nitrogens is 6. The Morgan fingerprint density at radius 2 is 1.97 bits per heavy atom. The van der Waals surface area contributed by atoms with E-state index < -0.39 is 6.04 Å². The molecule has 0 unspecified atom stereocenters. The molecule has 39 heavy (non-hydrogen) atoms. The number of hydrogen-bond donors (Lipinski definition) is 1. The maximum atomic E-state index is 13.4. The summed E-state index contributed by atoms with van der Waals surface area (Å²) in [5.74, 6) is 0.332. The standard InChI is InChI=1S/C28H26N8O3/c1-17-6-3-8-24(31-17)32-27(39)22-7-4-12-34(22)25(38)16-36-21-10-9-19(14-20(21)26(33-36)18(2)37)23-15-30-28-29-11-5-13-35(23)28/h3,5-6,8-11,13-15,22H,4,7,12,16H2,1-2H3,(H,31,32,39)/t22-/m0/s1. The van der Waals surface area contributed by atoms with Gasteiger partial charge in [0, 0.05) is 42.5 Å². The third-order valence-electron chi connectivity index (χ3n) is 6.97.